The lowest BCUT2D eigenvalue weighted by Gasteiger charge is -2.28. The van der Waals surface area contributed by atoms with Crippen molar-refractivity contribution in [3.8, 4) is 33.6 Å². The molecular weight excluding hydrogens is 560 g/mol. The summed E-state index contributed by atoms with van der Waals surface area (Å²) in [5, 5.41) is 1.29. The van der Waals surface area contributed by atoms with E-state index in [9.17, 15) is 0 Å². The highest BCUT2D eigenvalue weighted by Crippen LogP contribution is 2.51. The number of rotatable bonds is 4. The van der Waals surface area contributed by atoms with E-state index in [0.717, 1.165) is 72.2 Å². The molecule has 0 aliphatic heterocycles. The van der Waals surface area contributed by atoms with Crippen LogP contribution in [0.15, 0.2) is 103 Å². The topological polar surface area (TPSA) is 61.9 Å². The zero-order chi connectivity index (χ0) is 30.8. The van der Waals surface area contributed by atoms with Gasteiger partial charge in [0.2, 0.25) is 0 Å². The molecular formula is C42H36N4. The van der Waals surface area contributed by atoms with E-state index < -0.39 is 0 Å². The second kappa shape index (κ2) is 10.6. The number of aromatic nitrogens is 2. The summed E-state index contributed by atoms with van der Waals surface area (Å²) in [4.78, 5) is 0. The zero-order valence-corrected chi connectivity index (χ0v) is 25.8. The highest BCUT2D eigenvalue weighted by atomic mass is 15.1. The van der Waals surface area contributed by atoms with Crippen LogP contribution in [0.3, 0.4) is 0 Å². The maximum atomic E-state index is 7.29. The van der Waals surface area contributed by atoms with Gasteiger partial charge < -0.3 is 20.6 Å². The van der Waals surface area contributed by atoms with Crippen molar-refractivity contribution in [2.45, 2.75) is 38.5 Å². The number of aryl methyl sites for hydroxylation is 1. The normalized spacial score (nSPS) is 14.8. The van der Waals surface area contributed by atoms with Gasteiger partial charge in [0, 0.05) is 33.6 Å². The molecule has 4 heteroatoms. The molecule has 0 atom stereocenters. The molecule has 0 amide bonds. The molecule has 2 heterocycles. The summed E-state index contributed by atoms with van der Waals surface area (Å²) in [6, 6.07) is 30.0. The average molecular weight is 597 g/mol. The lowest BCUT2D eigenvalue weighted by atomic mass is 9.91. The van der Waals surface area contributed by atoms with Crippen LogP contribution >= 0.6 is 0 Å². The average Bonchev–Trinajstić information content (AvgIpc) is 3.63. The van der Waals surface area contributed by atoms with E-state index in [1.807, 2.05) is 0 Å². The molecule has 46 heavy (non-hydrogen) atoms. The molecule has 2 aromatic heterocycles. The highest BCUT2D eigenvalue weighted by molar-refractivity contribution is 6.06. The van der Waals surface area contributed by atoms with Crippen molar-refractivity contribution < 1.29 is 0 Å². The number of para-hydroxylation sites is 1. The van der Waals surface area contributed by atoms with Crippen LogP contribution in [0.1, 0.15) is 53.0 Å². The van der Waals surface area contributed by atoms with Crippen molar-refractivity contribution in [1.82, 2.24) is 9.13 Å². The zero-order valence-electron chi connectivity index (χ0n) is 25.8. The summed E-state index contributed by atoms with van der Waals surface area (Å²) in [7, 11) is 0. The predicted molar refractivity (Wildman–Crippen MR) is 194 cm³/mol. The standard InChI is InChI=1S/C42H36N4/c43-39-37(27-15-3-1-4-16-27)41(45-33-23-11-7-19-29(33)30-20-8-12-24-34(30)45)42(38(40(39)44)28-17-5-2-6-18-28)46-35-25-13-9-21-31(35)32-22-10-14-26-36(32)46/h1-7,11-19,23-26H,8-10,20-22,43-44H2. The van der Waals surface area contributed by atoms with Crippen molar-refractivity contribution in [2.75, 3.05) is 11.5 Å². The van der Waals surface area contributed by atoms with Crippen LogP contribution in [0.25, 0.3) is 62.8 Å². The lowest BCUT2D eigenvalue weighted by Crippen LogP contribution is -2.15. The van der Waals surface area contributed by atoms with Gasteiger partial charge in [-0.25, -0.2) is 0 Å². The van der Waals surface area contributed by atoms with Gasteiger partial charge in [-0.05, 0) is 90.6 Å². The van der Waals surface area contributed by atoms with Crippen molar-refractivity contribution >= 4 is 40.5 Å². The van der Waals surface area contributed by atoms with Crippen LogP contribution in [0.2, 0.25) is 0 Å². The Labute approximate surface area is 269 Å². The van der Waals surface area contributed by atoms with Gasteiger partial charge in [0.05, 0.1) is 28.3 Å². The third-order valence-electron chi connectivity index (χ3n) is 10.1. The molecule has 0 spiro atoms. The fourth-order valence-electron chi connectivity index (χ4n) is 8.12. The summed E-state index contributed by atoms with van der Waals surface area (Å²) in [5.74, 6) is 0. The summed E-state index contributed by atoms with van der Waals surface area (Å²) in [5.41, 5.74) is 31.2. The Kier molecular flexibility index (Phi) is 6.17. The van der Waals surface area contributed by atoms with Crippen LogP contribution in [0.4, 0.5) is 11.4 Å². The van der Waals surface area contributed by atoms with Crippen molar-refractivity contribution in [2.24, 2.45) is 0 Å². The number of anilines is 2. The van der Waals surface area contributed by atoms with Crippen LogP contribution in [-0.2, 0) is 19.3 Å². The van der Waals surface area contributed by atoms with E-state index in [4.69, 9.17) is 11.5 Å². The summed E-state index contributed by atoms with van der Waals surface area (Å²) < 4.78 is 5.00. The third kappa shape index (κ3) is 3.86. The van der Waals surface area contributed by atoms with E-state index in [2.05, 4.69) is 131 Å². The second-order valence-corrected chi connectivity index (χ2v) is 12.6. The third-order valence-corrected chi connectivity index (χ3v) is 10.1. The first-order chi connectivity index (χ1) is 22.7. The first-order valence-corrected chi connectivity index (χ1v) is 16.5. The van der Waals surface area contributed by atoms with E-state index >= 15 is 0 Å². The maximum Gasteiger partial charge on any atom is 0.0810 e. The molecule has 0 radical (unpaired) electrons. The minimum absolute atomic E-state index is 0.607. The second-order valence-electron chi connectivity index (χ2n) is 12.6. The van der Waals surface area contributed by atoms with Crippen molar-refractivity contribution in [3.63, 3.8) is 0 Å². The Balaban J connectivity index is 1.56. The van der Waals surface area contributed by atoms with Gasteiger partial charge in [-0.2, -0.15) is 0 Å². The van der Waals surface area contributed by atoms with E-state index in [-0.39, 0.29) is 0 Å². The predicted octanol–water partition coefficient (Wildman–Crippen LogP) is 9.80. The van der Waals surface area contributed by atoms with Gasteiger partial charge in [-0.15, -0.1) is 0 Å². The minimum atomic E-state index is 0.607. The van der Waals surface area contributed by atoms with Crippen molar-refractivity contribution in [1.29, 1.82) is 0 Å². The quantitative estimate of drug-likeness (QED) is 0.199. The van der Waals surface area contributed by atoms with Crippen LogP contribution in [0, 0.1) is 0 Å². The molecule has 0 bridgehead atoms. The largest absolute Gasteiger partial charge is 0.396 e. The Hall–Kier alpha value is -5.48. The molecule has 0 fully saturated rings. The Bertz CT molecular complexity index is 2220. The van der Waals surface area contributed by atoms with Gasteiger partial charge >= 0.3 is 0 Å². The monoisotopic (exact) mass is 596 g/mol. The van der Waals surface area contributed by atoms with Crippen molar-refractivity contribution in [3.05, 3.63) is 137 Å². The molecule has 9 rings (SSSR count). The molecule has 6 aromatic rings. The molecule has 4 aromatic carbocycles. The van der Waals surface area contributed by atoms with Gasteiger partial charge in [-0.1, -0.05) is 97.1 Å². The lowest BCUT2D eigenvalue weighted by molar-refractivity contribution is 0.922. The van der Waals surface area contributed by atoms with E-state index in [1.54, 1.807) is 0 Å². The molecule has 0 saturated carbocycles. The number of benzene rings is 4. The highest BCUT2D eigenvalue weighted by Gasteiger charge is 2.33. The SMILES string of the molecule is Nc1c(N)c(-c2ccccc2)c(-n2c3c(c4ccccc42)CCC=C3)c(-n2c3c(c4c2C=CCC4)CCC=C3)c1-c1ccccc1. The number of nitrogens with zero attached hydrogens (tertiary/aromatic N) is 2. The smallest absolute Gasteiger partial charge is 0.0810 e. The number of hydrogen-bond acceptors (Lipinski definition) is 2. The molecule has 0 saturated heterocycles. The molecule has 3 aliphatic rings. The Morgan fingerprint density at radius 2 is 0.891 bits per heavy atom. The first kappa shape index (κ1) is 26.9. The number of fused-ring (bicyclic) bond motifs is 6. The molecule has 4 nitrogen and oxygen atoms in total. The number of nitrogen functional groups attached to an aromatic ring is 2. The van der Waals surface area contributed by atoms with Crippen LogP contribution in [0.5, 0.6) is 0 Å². The Morgan fingerprint density at radius 3 is 1.43 bits per heavy atom. The number of allylic oxidation sites excluding steroid dienone is 3. The van der Waals surface area contributed by atoms with Gasteiger partial charge in [0.15, 0.2) is 0 Å². The maximum absolute atomic E-state index is 7.29. The fourth-order valence-corrected chi connectivity index (χ4v) is 8.12. The van der Waals surface area contributed by atoms with Crippen LogP contribution in [-0.4, -0.2) is 9.13 Å². The van der Waals surface area contributed by atoms with Gasteiger partial charge in [-0.3, -0.25) is 0 Å². The first-order valence-electron chi connectivity index (χ1n) is 16.5. The molecule has 4 N–H and O–H groups in total. The van der Waals surface area contributed by atoms with E-state index in [0.29, 0.717) is 11.4 Å². The summed E-state index contributed by atoms with van der Waals surface area (Å²) in [6.07, 6.45) is 20.2. The van der Waals surface area contributed by atoms with Crippen LogP contribution < -0.4 is 11.5 Å². The summed E-state index contributed by atoms with van der Waals surface area (Å²) in [6.45, 7) is 0. The van der Waals surface area contributed by atoms with Gasteiger partial charge in [0.1, 0.15) is 0 Å². The molecule has 3 aliphatic carbocycles. The molecule has 0 unspecified atom stereocenters. The summed E-state index contributed by atoms with van der Waals surface area (Å²) >= 11 is 0. The molecule has 224 valence electrons. The minimum Gasteiger partial charge on any atom is -0.396 e. The number of nitrogens with two attached hydrogens (primary N) is 2. The number of hydrogen-bond donors (Lipinski definition) is 2. The van der Waals surface area contributed by atoms with E-state index in [1.165, 1.54) is 44.7 Å². The fraction of sp³-hybridized carbons (Fsp3) is 0.143. The van der Waals surface area contributed by atoms with Gasteiger partial charge in [0.25, 0.3) is 0 Å². The Morgan fingerprint density at radius 1 is 0.457 bits per heavy atom.